The van der Waals surface area contributed by atoms with Gasteiger partial charge in [-0.05, 0) is 44.4 Å². The summed E-state index contributed by atoms with van der Waals surface area (Å²) in [4.78, 5) is 26.7. The number of amides is 1. The van der Waals surface area contributed by atoms with E-state index < -0.39 is 0 Å². The Morgan fingerprint density at radius 2 is 1.97 bits per heavy atom. The number of anilines is 1. The number of aryl methyl sites for hydroxylation is 3. The lowest BCUT2D eigenvalue weighted by molar-refractivity contribution is -0.116. The third-order valence-corrected chi connectivity index (χ3v) is 6.48. The summed E-state index contributed by atoms with van der Waals surface area (Å²) >= 11 is 7.76. The van der Waals surface area contributed by atoms with Gasteiger partial charge in [0, 0.05) is 34.1 Å². The summed E-state index contributed by atoms with van der Waals surface area (Å²) in [5, 5.41) is 8.46. The number of hydrogen-bond donors (Lipinski definition) is 1. The van der Waals surface area contributed by atoms with Crippen LogP contribution in [0, 0.1) is 20.8 Å². The van der Waals surface area contributed by atoms with Gasteiger partial charge >= 0.3 is 0 Å². The van der Waals surface area contributed by atoms with Gasteiger partial charge in [-0.2, -0.15) is 10.1 Å². The molecule has 0 fully saturated rings. The first-order valence-corrected chi connectivity index (χ1v) is 10.8. The van der Waals surface area contributed by atoms with E-state index in [1.165, 1.54) is 17.7 Å². The van der Waals surface area contributed by atoms with Crippen LogP contribution in [0.15, 0.2) is 30.6 Å². The van der Waals surface area contributed by atoms with Gasteiger partial charge < -0.3 is 5.32 Å². The molecule has 0 saturated heterocycles. The van der Waals surface area contributed by atoms with E-state index in [0.717, 1.165) is 38.1 Å². The maximum atomic E-state index is 12.5. The second kappa shape index (κ2) is 8.49. The molecule has 4 aromatic rings. The maximum Gasteiger partial charge on any atom is 0.252 e. The number of benzene rings is 1. The molecule has 1 aromatic carbocycles. The number of carbonyl (C=O) groups is 1. The average Bonchev–Trinajstić information content (AvgIpc) is 3.30. The van der Waals surface area contributed by atoms with Crippen LogP contribution >= 0.6 is 22.9 Å². The monoisotopic (exact) mass is 440 g/mol. The standard InChI is InChI=1S/C21H21ClN6OS/c1-12-16(14(3)28-20(25-12)23-11-24-28)8-9-19(29)27-21-26-13(2)18(30-21)10-15-6-4-5-7-17(15)22/h4-7,11H,8-10H2,1-3H3,(H,26,27,29). The Morgan fingerprint density at radius 3 is 2.77 bits per heavy atom. The topological polar surface area (TPSA) is 85.1 Å². The number of rotatable bonds is 6. The molecule has 0 saturated carbocycles. The summed E-state index contributed by atoms with van der Waals surface area (Å²) in [5.41, 5.74) is 4.79. The molecule has 30 heavy (non-hydrogen) atoms. The molecule has 0 spiro atoms. The number of aromatic nitrogens is 5. The van der Waals surface area contributed by atoms with Crippen molar-refractivity contribution in [3.8, 4) is 0 Å². The first kappa shape index (κ1) is 20.4. The Labute approximate surface area is 183 Å². The van der Waals surface area contributed by atoms with Crippen LogP contribution in [-0.4, -0.2) is 30.5 Å². The van der Waals surface area contributed by atoms with E-state index in [0.29, 0.717) is 30.2 Å². The second-order valence-corrected chi connectivity index (χ2v) is 8.57. The number of nitrogens with one attached hydrogen (secondary N) is 1. The molecule has 1 N–H and O–H groups in total. The van der Waals surface area contributed by atoms with Gasteiger partial charge in [0.2, 0.25) is 5.91 Å². The molecular formula is C21H21ClN6OS. The number of nitrogens with zero attached hydrogens (tertiary/aromatic N) is 5. The smallest absolute Gasteiger partial charge is 0.252 e. The Morgan fingerprint density at radius 1 is 1.17 bits per heavy atom. The van der Waals surface area contributed by atoms with Crippen molar-refractivity contribution in [3.05, 3.63) is 68.7 Å². The lowest BCUT2D eigenvalue weighted by atomic mass is 10.1. The van der Waals surface area contributed by atoms with Crippen LogP contribution in [0.5, 0.6) is 0 Å². The molecule has 0 radical (unpaired) electrons. The molecule has 0 aliphatic rings. The first-order chi connectivity index (χ1) is 14.4. The molecule has 0 aliphatic carbocycles. The van der Waals surface area contributed by atoms with Crippen LogP contribution in [0.3, 0.4) is 0 Å². The molecule has 7 nitrogen and oxygen atoms in total. The second-order valence-electron chi connectivity index (χ2n) is 7.08. The maximum absolute atomic E-state index is 12.5. The zero-order valence-electron chi connectivity index (χ0n) is 16.9. The molecule has 0 bridgehead atoms. The summed E-state index contributed by atoms with van der Waals surface area (Å²) in [6.07, 6.45) is 3.09. The summed E-state index contributed by atoms with van der Waals surface area (Å²) in [5.74, 6) is 0.494. The molecule has 0 atom stereocenters. The number of fused-ring (bicyclic) bond motifs is 1. The van der Waals surface area contributed by atoms with E-state index in [1.807, 2.05) is 45.0 Å². The Hall–Kier alpha value is -2.84. The van der Waals surface area contributed by atoms with E-state index in [-0.39, 0.29) is 5.91 Å². The van der Waals surface area contributed by atoms with Crippen molar-refractivity contribution < 1.29 is 4.79 Å². The number of thiazole rings is 1. The van der Waals surface area contributed by atoms with Crippen molar-refractivity contribution in [3.63, 3.8) is 0 Å². The molecule has 1 amide bonds. The summed E-state index contributed by atoms with van der Waals surface area (Å²) < 4.78 is 1.70. The summed E-state index contributed by atoms with van der Waals surface area (Å²) in [6.45, 7) is 5.85. The largest absolute Gasteiger partial charge is 0.302 e. The predicted molar refractivity (Wildman–Crippen MR) is 118 cm³/mol. The van der Waals surface area contributed by atoms with Crippen LogP contribution in [0.4, 0.5) is 5.13 Å². The number of halogens is 1. The van der Waals surface area contributed by atoms with Crippen LogP contribution in [0.25, 0.3) is 5.78 Å². The lowest BCUT2D eigenvalue weighted by Gasteiger charge is -2.10. The minimum atomic E-state index is -0.0782. The number of carbonyl (C=O) groups excluding carboxylic acids is 1. The summed E-state index contributed by atoms with van der Waals surface area (Å²) in [6, 6.07) is 7.77. The van der Waals surface area contributed by atoms with E-state index in [1.54, 1.807) is 4.52 Å². The third kappa shape index (κ3) is 4.20. The van der Waals surface area contributed by atoms with Crippen molar-refractivity contribution in [1.82, 2.24) is 24.6 Å². The van der Waals surface area contributed by atoms with Gasteiger partial charge in [-0.1, -0.05) is 29.8 Å². The zero-order valence-corrected chi connectivity index (χ0v) is 18.5. The SMILES string of the molecule is Cc1nc(NC(=O)CCc2c(C)nc3ncnn3c2C)sc1Cc1ccccc1Cl. The Kier molecular flexibility index (Phi) is 5.78. The van der Waals surface area contributed by atoms with Crippen molar-refractivity contribution >= 4 is 39.8 Å². The number of hydrogen-bond acceptors (Lipinski definition) is 6. The lowest BCUT2D eigenvalue weighted by Crippen LogP contribution is -2.14. The fraction of sp³-hybridized carbons (Fsp3) is 0.286. The van der Waals surface area contributed by atoms with Crippen molar-refractivity contribution in [1.29, 1.82) is 0 Å². The zero-order chi connectivity index (χ0) is 21.3. The van der Waals surface area contributed by atoms with Crippen LogP contribution in [0.1, 0.15) is 39.5 Å². The third-order valence-electron chi connectivity index (χ3n) is 5.04. The van der Waals surface area contributed by atoms with E-state index in [9.17, 15) is 4.79 Å². The van der Waals surface area contributed by atoms with Gasteiger partial charge in [-0.25, -0.2) is 14.5 Å². The van der Waals surface area contributed by atoms with Crippen LogP contribution < -0.4 is 5.32 Å². The van der Waals surface area contributed by atoms with Crippen molar-refractivity contribution in [2.45, 2.75) is 40.0 Å². The molecule has 0 aliphatic heterocycles. The quantitative estimate of drug-likeness (QED) is 0.482. The van der Waals surface area contributed by atoms with E-state index in [4.69, 9.17) is 11.6 Å². The van der Waals surface area contributed by atoms with E-state index >= 15 is 0 Å². The highest BCUT2D eigenvalue weighted by Crippen LogP contribution is 2.28. The minimum Gasteiger partial charge on any atom is -0.302 e. The van der Waals surface area contributed by atoms with Crippen molar-refractivity contribution in [2.24, 2.45) is 0 Å². The molecule has 0 unspecified atom stereocenters. The molecular weight excluding hydrogens is 420 g/mol. The Bertz CT molecular complexity index is 1230. The predicted octanol–water partition coefficient (Wildman–Crippen LogP) is 4.32. The van der Waals surface area contributed by atoms with Gasteiger partial charge in [-0.3, -0.25) is 4.79 Å². The van der Waals surface area contributed by atoms with Gasteiger partial charge in [0.05, 0.1) is 5.69 Å². The Balaban J connectivity index is 1.42. The van der Waals surface area contributed by atoms with Crippen LogP contribution in [0.2, 0.25) is 5.02 Å². The minimum absolute atomic E-state index is 0.0782. The van der Waals surface area contributed by atoms with Crippen molar-refractivity contribution in [2.75, 3.05) is 5.32 Å². The normalized spacial score (nSPS) is 11.2. The van der Waals surface area contributed by atoms with E-state index in [2.05, 4.69) is 25.4 Å². The average molecular weight is 441 g/mol. The summed E-state index contributed by atoms with van der Waals surface area (Å²) in [7, 11) is 0. The van der Waals surface area contributed by atoms with Crippen LogP contribution in [-0.2, 0) is 17.6 Å². The highest BCUT2D eigenvalue weighted by molar-refractivity contribution is 7.15. The van der Waals surface area contributed by atoms with Gasteiger partial charge in [0.1, 0.15) is 6.33 Å². The van der Waals surface area contributed by atoms with Gasteiger partial charge in [0.25, 0.3) is 5.78 Å². The molecule has 3 heterocycles. The molecule has 4 rings (SSSR count). The fourth-order valence-corrected chi connectivity index (χ4v) is 4.60. The fourth-order valence-electron chi connectivity index (χ4n) is 3.40. The highest BCUT2D eigenvalue weighted by atomic mass is 35.5. The molecule has 154 valence electrons. The highest BCUT2D eigenvalue weighted by Gasteiger charge is 2.15. The van der Waals surface area contributed by atoms with Gasteiger partial charge in [-0.15, -0.1) is 11.3 Å². The first-order valence-electron chi connectivity index (χ1n) is 9.57. The molecule has 9 heteroatoms. The van der Waals surface area contributed by atoms with Gasteiger partial charge in [0.15, 0.2) is 5.13 Å². The molecule has 3 aromatic heterocycles.